The van der Waals surface area contributed by atoms with Crippen molar-refractivity contribution in [2.45, 2.75) is 19.8 Å². The smallest absolute Gasteiger partial charge is 0.174 e. The van der Waals surface area contributed by atoms with E-state index in [-0.39, 0.29) is 5.56 Å². The fourth-order valence-corrected chi connectivity index (χ4v) is 2.56. The molecule has 0 fully saturated rings. The zero-order chi connectivity index (χ0) is 19.1. The summed E-state index contributed by atoms with van der Waals surface area (Å²) in [7, 11) is 0. The summed E-state index contributed by atoms with van der Waals surface area (Å²) in [5, 5.41) is 0. The molecule has 0 bridgehead atoms. The summed E-state index contributed by atoms with van der Waals surface area (Å²) in [6.07, 6.45) is 2.21. The van der Waals surface area contributed by atoms with Crippen LogP contribution >= 0.6 is 0 Å². The molecule has 0 saturated carbocycles. The van der Waals surface area contributed by atoms with Gasteiger partial charge in [-0.15, -0.1) is 0 Å². The number of rotatable bonds is 2. The maximum Gasteiger partial charge on any atom is 0.174 e. The quantitative estimate of drug-likeness (QED) is 0.515. The van der Waals surface area contributed by atoms with Gasteiger partial charge in [0, 0.05) is 16.7 Å². The van der Waals surface area contributed by atoms with Crippen molar-refractivity contribution >= 4 is 0 Å². The van der Waals surface area contributed by atoms with Gasteiger partial charge in [-0.2, -0.15) is 0 Å². The van der Waals surface area contributed by atoms with Crippen LogP contribution in [0.2, 0.25) is 0 Å². The molecule has 0 aromatic heterocycles. The molecule has 0 unspecified atom stereocenters. The molecule has 0 N–H and O–H groups in total. The van der Waals surface area contributed by atoms with Crippen LogP contribution in [0.4, 0.5) is 8.78 Å². The van der Waals surface area contributed by atoms with E-state index in [4.69, 9.17) is 0 Å². The molecule has 2 heteroatoms. The van der Waals surface area contributed by atoms with Crippen LogP contribution in [0.1, 0.15) is 41.2 Å². The van der Waals surface area contributed by atoms with Gasteiger partial charge in [-0.3, -0.25) is 0 Å². The molecule has 3 aromatic rings. The van der Waals surface area contributed by atoms with Crippen LogP contribution in [0, 0.1) is 35.3 Å². The van der Waals surface area contributed by atoms with Gasteiger partial charge in [0.1, 0.15) is 0 Å². The Hall–Kier alpha value is -3.36. The predicted octanol–water partition coefficient (Wildman–Crippen LogP) is 5.72. The monoisotopic (exact) mass is 356 g/mol. The highest BCUT2D eigenvalue weighted by atomic mass is 19.2. The van der Waals surface area contributed by atoms with Crippen LogP contribution < -0.4 is 0 Å². The Balaban J connectivity index is 1.71. The highest BCUT2D eigenvalue weighted by Crippen LogP contribution is 2.11. The van der Waals surface area contributed by atoms with Gasteiger partial charge in [0.05, 0.1) is 5.56 Å². The zero-order valence-electron chi connectivity index (χ0n) is 15.0. The largest absolute Gasteiger partial charge is 0.204 e. The van der Waals surface area contributed by atoms with Gasteiger partial charge in [-0.05, 0) is 60.5 Å². The molecular weight excluding hydrogens is 338 g/mol. The highest BCUT2D eigenvalue weighted by molar-refractivity contribution is 5.48. The lowest BCUT2D eigenvalue weighted by molar-refractivity contribution is 0.506. The minimum Gasteiger partial charge on any atom is -0.204 e. The molecular formula is C25H18F2. The van der Waals surface area contributed by atoms with Gasteiger partial charge in [-0.1, -0.05) is 55.2 Å². The van der Waals surface area contributed by atoms with E-state index in [1.54, 1.807) is 0 Å². The summed E-state index contributed by atoms with van der Waals surface area (Å²) >= 11 is 0. The van der Waals surface area contributed by atoms with Gasteiger partial charge in [0.2, 0.25) is 0 Å². The molecule has 0 nitrogen and oxygen atoms in total. The molecule has 0 heterocycles. The third-order valence-electron chi connectivity index (χ3n) is 4.02. The summed E-state index contributed by atoms with van der Waals surface area (Å²) in [6.45, 7) is 2.16. The molecule has 0 radical (unpaired) electrons. The van der Waals surface area contributed by atoms with Crippen molar-refractivity contribution in [3.05, 3.63) is 106 Å². The maximum absolute atomic E-state index is 13.6. The van der Waals surface area contributed by atoms with Gasteiger partial charge >= 0.3 is 0 Å². The van der Waals surface area contributed by atoms with Gasteiger partial charge in [0.15, 0.2) is 11.6 Å². The van der Waals surface area contributed by atoms with Crippen molar-refractivity contribution < 1.29 is 8.78 Å². The third-order valence-corrected chi connectivity index (χ3v) is 4.02. The number of hydrogen-bond donors (Lipinski definition) is 0. The van der Waals surface area contributed by atoms with Gasteiger partial charge < -0.3 is 0 Å². The van der Waals surface area contributed by atoms with Crippen molar-refractivity contribution in [3.8, 4) is 23.7 Å². The first-order chi connectivity index (χ1) is 13.2. The van der Waals surface area contributed by atoms with Crippen LogP contribution in [0.5, 0.6) is 0 Å². The standard InChI is InChI=1S/C25H18F2/c1-2-4-19-7-9-20(10-8-19)11-12-21-13-15-22(16-14-21)17-18-23-5-3-6-24(26)25(23)27/h3,5-10,13-16H,2,4H2,1H3. The summed E-state index contributed by atoms with van der Waals surface area (Å²) < 4.78 is 26.8. The highest BCUT2D eigenvalue weighted by Gasteiger charge is 2.04. The minimum atomic E-state index is -0.919. The maximum atomic E-state index is 13.6. The first-order valence-corrected chi connectivity index (χ1v) is 8.83. The lowest BCUT2D eigenvalue weighted by atomic mass is 10.1. The Morgan fingerprint density at radius 1 is 0.667 bits per heavy atom. The number of aryl methyl sites for hydroxylation is 1. The third kappa shape index (κ3) is 5.06. The van der Waals surface area contributed by atoms with E-state index in [0.29, 0.717) is 5.56 Å². The van der Waals surface area contributed by atoms with Crippen molar-refractivity contribution in [2.24, 2.45) is 0 Å². The molecule has 27 heavy (non-hydrogen) atoms. The summed E-state index contributed by atoms with van der Waals surface area (Å²) in [6, 6.07) is 19.6. The van der Waals surface area contributed by atoms with Gasteiger partial charge in [-0.25, -0.2) is 8.78 Å². The normalized spacial score (nSPS) is 9.74. The Morgan fingerprint density at radius 3 is 1.74 bits per heavy atom. The minimum absolute atomic E-state index is 0.0467. The Morgan fingerprint density at radius 2 is 1.19 bits per heavy atom. The summed E-state index contributed by atoms with van der Waals surface area (Å²) in [5.41, 5.74) is 3.93. The number of hydrogen-bond acceptors (Lipinski definition) is 0. The van der Waals surface area contributed by atoms with Crippen molar-refractivity contribution in [1.82, 2.24) is 0 Å². The predicted molar refractivity (Wildman–Crippen MR) is 105 cm³/mol. The first kappa shape index (κ1) is 18.4. The van der Waals surface area contributed by atoms with Crippen molar-refractivity contribution in [3.63, 3.8) is 0 Å². The lowest BCUT2D eigenvalue weighted by Gasteiger charge is -1.97. The SMILES string of the molecule is CCCc1ccc(C#Cc2ccc(C#Cc3cccc(F)c3F)cc2)cc1. The van der Waals surface area contributed by atoms with Crippen LogP contribution in [-0.2, 0) is 6.42 Å². The molecule has 3 rings (SSSR count). The van der Waals surface area contributed by atoms with Gasteiger partial charge in [0.25, 0.3) is 0 Å². The molecule has 3 aromatic carbocycles. The Kier molecular flexibility index (Phi) is 6.03. The number of benzene rings is 3. The van der Waals surface area contributed by atoms with Crippen LogP contribution in [0.3, 0.4) is 0 Å². The van der Waals surface area contributed by atoms with E-state index < -0.39 is 11.6 Å². The molecule has 0 amide bonds. The van der Waals surface area contributed by atoms with Crippen LogP contribution in [-0.4, -0.2) is 0 Å². The second kappa shape index (κ2) is 8.84. The fourth-order valence-electron chi connectivity index (χ4n) is 2.56. The van der Waals surface area contributed by atoms with Crippen molar-refractivity contribution in [1.29, 1.82) is 0 Å². The van der Waals surface area contributed by atoms with Crippen molar-refractivity contribution in [2.75, 3.05) is 0 Å². The molecule has 0 saturated heterocycles. The first-order valence-electron chi connectivity index (χ1n) is 8.83. The van der Waals surface area contributed by atoms with E-state index in [9.17, 15) is 8.78 Å². The fraction of sp³-hybridized carbons (Fsp3) is 0.120. The zero-order valence-corrected chi connectivity index (χ0v) is 15.0. The Labute approximate surface area is 158 Å². The molecule has 0 aliphatic rings. The lowest BCUT2D eigenvalue weighted by Crippen LogP contribution is -1.88. The average Bonchev–Trinajstić information content (AvgIpc) is 2.70. The molecule has 0 aliphatic carbocycles. The molecule has 132 valence electrons. The van der Waals surface area contributed by atoms with Crippen LogP contribution in [0.15, 0.2) is 66.7 Å². The van der Waals surface area contributed by atoms with E-state index in [1.807, 2.05) is 36.4 Å². The topological polar surface area (TPSA) is 0 Å². The summed E-state index contributed by atoms with van der Waals surface area (Å²) in [4.78, 5) is 0. The molecule has 0 spiro atoms. The average molecular weight is 356 g/mol. The van der Waals surface area contributed by atoms with E-state index in [1.165, 1.54) is 17.7 Å². The summed E-state index contributed by atoms with van der Waals surface area (Å²) in [5.74, 6) is 9.96. The second-order valence-corrected chi connectivity index (χ2v) is 6.13. The Bertz CT molecular complexity index is 1040. The molecule has 0 atom stereocenters. The number of halogens is 2. The van der Waals surface area contributed by atoms with E-state index in [0.717, 1.165) is 30.0 Å². The molecule has 0 aliphatic heterocycles. The van der Waals surface area contributed by atoms with Crippen LogP contribution in [0.25, 0.3) is 0 Å². The second-order valence-electron chi connectivity index (χ2n) is 6.13. The van der Waals surface area contributed by atoms with E-state index >= 15 is 0 Å². The van der Waals surface area contributed by atoms with E-state index in [2.05, 4.69) is 42.7 Å².